The van der Waals surface area contributed by atoms with E-state index in [1.165, 1.54) is 14.2 Å². The van der Waals surface area contributed by atoms with Crippen molar-refractivity contribution >= 4 is 12.2 Å². The van der Waals surface area contributed by atoms with E-state index in [9.17, 15) is 9.59 Å². The summed E-state index contributed by atoms with van der Waals surface area (Å²) in [5.74, 6) is 0.996. The van der Waals surface area contributed by atoms with Gasteiger partial charge in [0.15, 0.2) is 11.5 Å². The van der Waals surface area contributed by atoms with Gasteiger partial charge in [0.05, 0.1) is 26.2 Å². The molecule has 0 aliphatic carbocycles. The molecule has 0 amide bonds. The molecule has 0 aliphatic rings. The van der Waals surface area contributed by atoms with E-state index in [-0.39, 0.29) is 16.1 Å². The molecule has 0 saturated heterocycles. The topological polar surface area (TPSA) is 113 Å². The second-order valence-corrected chi connectivity index (χ2v) is 7.52. The van der Waals surface area contributed by atoms with Gasteiger partial charge in [0.2, 0.25) is 0 Å². The molecule has 29 heavy (non-hydrogen) atoms. The zero-order valence-electron chi connectivity index (χ0n) is 17.0. The quantitative estimate of drug-likeness (QED) is 0.603. The summed E-state index contributed by atoms with van der Waals surface area (Å²) in [5, 5.41) is 0.235. The molecule has 3 N–H and O–H groups in total. The van der Waals surface area contributed by atoms with Crippen LogP contribution < -0.4 is 31.3 Å². The molecule has 2 heterocycles. The standard InChI is InChI=1S/C21H24N4O4/c1-21(2,3)18-13(22-11-23-18)10-15-20(27)24-14(19(26)25-15)9-12-7-6-8-16(28-4)17(12)29-5/h6-11H,1-5H3,(H,22,23)(H,24,27)(H,25,26). The van der Waals surface area contributed by atoms with Gasteiger partial charge in [0.25, 0.3) is 11.1 Å². The number of aromatic amines is 3. The van der Waals surface area contributed by atoms with Crippen LogP contribution in [0.15, 0.2) is 34.1 Å². The van der Waals surface area contributed by atoms with Crippen LogP contribution in [0.4, 0.5) is 0 Å². The van der Waals surface area contributed by atoms with Crippen LogP contribution in [0.2, 0.25) is 0 Å². The SMILES string of the molecule is COc1cccc(C=c2[nH]c(=O)c(=Cc3nc[nH]c3C(C)(C)C)[nH]c2=O)c1OC. The molecule has 0 spiro atoms. The molecule has 2 aromatic heterocycles. The predicted molar refractivity (Wildman–Crippen MR) is 111 cm³/mol. The van der Waals surface area contributed by atoms with Gasteiger partial charge in [-0.3, -0.25) is 9.59 Å². The second kappa shape index (κ2) is 7.83. The largest absolute Gasteiger partial charge is 0.493 e. The minimum atomic E-state index is -0.437. The highest BCUT2D eigenvalue weighted by Crippen LogP contribution is 2.30. The van der Waals surface area contributed by atoms with Gasteiger partial charge in [-0.2, -0.15) is 0 Å². The van der Waals surface area contributed by atoms with Gasteiger partial charge in [-0.15, -0.1) is 0 Å². The van der Waals surface area contributed by atoms with Crippen molar-refractivity contribution in [3.05, 3.63) is 72.9 Å². The first-order chi connectivity index (χ1) is 13.7. The van der Waals surface area contributed by atoms with Gasteiger partial charge in [-0.05, 0) is 18.2 Å². The predicted octanol–water partition coefficient (Wildman–Crippen LogP) is 0.759. The molecule has 8 heteroatoms. The number of H-pyrrole nitrogens is 3. The minimum absolute atomic E-state index is 0.108. The number of nitrogens with zero attached hydrogens (tertiary/aromatic N) is 1. The maximum atomic E-state index is 12.6. The van der Waals surface area contributed by atoms with E-state index in [2.05, 4.69) is 19.9 Å². The van der Waals surface area contributed by atoms with Crippen molar-refractivity contribution in [2.45, 2.75) is 26.2 Å². The fourth-order valence-electron chi connectivity index (χ4n) is 3.03. The lowest BCUT2D eigenvalue weighted by Crippen LogP contribution is -2.46. The van der Waals surface area contributed by atoms with Crippen molar-refractivity contribution < 1.29 is 9.47 Å². The Labute approximate surface area is 167 Å². The Kier molecular flexibility index (Phi) is 5.45. The smallest absolute Gasteiger partial charge is 0.272 e. The molecule has 3 aromatic rings. The molecule has 0 fully saturated rings. The summed E-state index contributed by atoms with van der Waals surface area (Å²) in [4.78, 5) is 37.8. The molecule has 3 rings (SSSR count). The van der Waals surface area contributed by atoms with E-state index in [1.807, 2.05) is 20.8 Å². The summed E-state index contributed by atoms with van der Waals surface area (Å²) in [6.07, 6.45) is 4.67. The third kappa shape index (κ3) is 4.16. The maximum Gasteiger partial charge on any atom is 0.272 e. The number of hydrogen-bond acceptors (Lipinski definition) is 5. The number of imidazole rings is 1. The van der Waals surface area contributed by atoms with E-state index in [4.69, 9.17) is 9.47 Å². The maximum absolute atomic E-state index is 12.6. The first-order valence-corrected chi connectivity index (χ1v) is 9.05. The van der Waals surface area contributed by atoms with Crippen molar-refractivity contribution in [1.29, 1.82) is 0 Å². The summed E-state index contributed by atoms with van der Waals surface area (Å²) in [6.45, 7) is 6.10. The van der Waals surface area contributed by atoms with Crippen LogP contribution >= 0.6 is 0 Å². The lowest BCUT2D eigenvalue weighted by atomic mass is 9.90. The summed E-state index contributed by atoms with van der Waals surface area (Å²) in [6, 6.07) is 5.28. The highest BCUT2D eigenvalue weighted by Gasteiger charge is 2.19. The van der Waals surface area contributed by atoms with Gasteiger partial charge in [-0.1, -0.05) is 32.9 Å². The summed E-state index contributed by atoms with van der Waals surface area (Å²) < 4.78 is 10.6. The third-order valence-electron chi connectivity index (χ3n) is 4.42. The van der Waals surface area contributed by atoms with Crippen LogP contribution in [0.1, 0.15) is 37.7 Å². The fraction of sp³-hybridized carbons (Fsp3) is 0.286. The van der Waals surface area contributed by atoms with E-state index in [1.54, 1.807) is 36.7 Å². The van der Waals surface area contributed by atoms with Crippen LogP contribution in [0.5, 0.6) is 11.5 Å². The number of rotatable bonds is 4. The van der Waals surface area contributed by atoms with E-state index >= 15 is 0 Å². The molecule has 0 saturated carbocycles. The first-order valence-electron chi connectivity index (χ1n) is 9.05. The molecule has 0 aliphatic heterocycles. The van der Waals surface area contributed by atoms with Gasteiger partial charge in [0, 0.05) is 16.7 Å². The highest BCUT2D eigenvalue weighted by atomic mass is 16.5. The summed E-state index contributed by atoms with van der Waals surface area (Å²) >= 11 is 0. The van der Waals surface area contributed by atoms with Crippen molar-refractivity contribution in [1.82, 2.24) is 19.9 Å². The molecule has 8 nitrogen and oxygen atoms in total. The number of benzene rings is 1. The Bertz CT molecular complexity index is 1260. The number of ether oxygens (including phenoxy) is 2. The number of methoxy groups -OCH3 is 2. The zero-order chi connectivity index (χ0) is 21.2. The normalized spacial score (nSPS) is 13.0. The van der Waals surface area contributed by atoms with Gasteiger partial charge in [0.1, 0.15) is 10.7 Å². The number of aromatic nitrogens is 4. The van der Waals surface area contributed by atoms with E-state index in [0.29, 0.717) is 22.8 Å². The third-order valence-corrected chi connectivity index (χ3v) is 4.42. The van der Waals surface area contributed by atoms with Crippen molar-refractivity contribution in [2.24, 2.45) is 0 Å². The van der Waals surface area contributed by atoms with Gasteiger partial charge in [-0.25, -0.2) is 4.98 Å². The van der Waals surface area contributed by atoms with Crippen molar-refractivity contribution in [3.8, 4) is 11.5 Å². The summed E-state index contributed by atoms with van der Waals surface area (Å²) in [7, 11) is 3.04. The Balaban J connectivity index is 2.16. The minimum Gasteiger partial charge on any atom is -0.493 e. The fourth-order valence-corrected chi connectivity index (χ4v) is 3.03. The average Bonchev–Trinajstić information content (AvgIpc) is 3.14. The molecule has 0 bridgehead atoms. The van der Waals surface area contributed by atoms with Crippen LogP contribution in [-0.2, 0) is 5.41 Å². The van der Waals surface area contributed by atoms with Crippen LogP contribution in [-0.4, -0.2) is 34.2 Å². The lowest BCUT2D eigenvalue weighted by Gasteiger charge is -2.16. The van der Waals surface area contributed by atoms with Crippen molar-refractivity contribution in [2.75, 3.05) is 14.2 Å². The second-order valence-electron chi connectivity index (χ2n) is 7.52. The molecule has 0 atom stereocenters. The average molecular weight is 396 g/mol. The van der Waals surface area contributed by atoms with E-state index < -0.39 is 11.1 Å². The Morgan fingerprint density at radius 1 is 0.966 bits per heavy atom. The molecule has 0 radical (unpaired) electrons. The Morgan fingerprint density at radius 2 is 1.62 bits per heavy atom. The van der Waals surface area contributed by atoms with Crippen LogP contribution in [0.3, 0.4) is 0 Å². The first kappa shape index (κ1) is 20.2. The molecule has 0 unspecified atom stereocenters. The highest BCUT2D eigenvalue weighted by molar-refractivity contribution is 5.61. The number of para-hydroxylation sites is 1. The molecular formula is C21H24N4O4. The van der Waals surface area contributed by atoms with Gasteiger partial charge < -0.3 is 24.4 Å². The van der Waals surface area contributed by atoms with E-state index in [0.717, 1.165) is 5.69 Å². The number of nitrogens with one attached hydrogen (secondary N) is 3. The molecular weight excluding hydrogens is 372 g/mol. The Morgan fingerprint density at radius 3 is 2.21 bits per heavy atom. The molecule has 1 aromatic carbocycles. The lowest BCUT2D eigenvalue weighted by molar-refractivity contribution is 0.354. The van der Waals surface area contributed by atoms with Gasteiger partial charge >= 0.3 is 0 Å². The Hall–Kier alpha value is -3.55. The number of hydrogen-bond donors (Lipinski definition) is 3. The molecule has 152 valence electrons. The van der Waals surface area contributed by atoms with Crippen molar-refractivity contribution in [3.63, 3.8) is 0 Å². The monoisotopic (exact) mass is 396 g/mol. The zero-order valence-corrected chi connectivity index (χ0v) is 17.0. The van der Waals surface area contributed by atoms with Crippen LogP contribution in [0, 0.1) is 0 Å². The van der Waals surface area contributed by atoms with Crippen LogP contribution in [0.25, 0.3) is 12.2 Å². The summed E-state index contributed by atoms with van der Waals surface area (Å²) in [5.41, 5.74) is 1.02.